The normalized spacial score (nSPS) is 16.9. The minimum atomic E-state index is -0.540. The molecule has 30 heavy (non-hydrogen) atoms. The highest BCUT2D eigenvalue weighted by atomic mass is 16.6. The third kappa shape index (κ3) is 5.15. The van der Waals surface area contributed by atoms with Crippen molar-refractivity contribution in [3.8, 4) is 6.07 Å². The molecule has 3 rings (SSSR count). The summed E-state index contributed by atoms with van der Waals surface area (Å²) in [5, 5.41) is 14.6. The van der Waals surface area contributed by atoms with E-state index >= 15 is 0 Å². The number of ether oxygens (including phenoxy) is 1. The van der Waals surface area contributed by atoms with Crippen molar-refractivity contribution in [3.63, 3.8) is 0 Å². The first kappa shape index (κ1) is 21.3. The molecule has 0 aliphatic carbocycles. The van der Waals surface area contributed by atoms with Gasteiger partial charge in [0, 0.05) is 18.8 Å². The van der Waals surface area contributed by atoms with Crippen LogP contribution in [0.1, 0.15) is 44.7 Å². The Morgan fingerprint density at radius 3 is 2.73 bits per heavy atom. The summed E-state index contributed by atoms with van der Waals surface area (Å²) in [5.74, 6) is 0.324. The van der Waals surface area contributed by atoms with Crippen LogP contribution < -0.4 is 0 Å². The second-order valence-corrected chi connectivity index (χ2v) is 8.22. The molecule has 0 radical (unpaired) electrons. The fraction of sp³-hybridized carbons (Fsp3) is 0.391. The zero-order chi connectivity index (χ0) is 21.7. The van der Waals surface area contributed by atoms with E-state index in [1.807, 2.05) is 51.1 Å². The Kier molecular flexibility index (Phi) is 6.36. The third-order valence-electron chi connectivity index (χ3n) is 4.82. The number of aliphatic imine (C=N–C) groups is 1. The van der Waals surface area contributed by atoms with Crippen LogP contribution in [-0.4, -0.2) is 48.3 Å². The van der Waals surface area contributed by atoms with Crippen LogP contribution in [0, 0.1) is 11.3 Å². The van der Waals surface area contributed by atoms with Crippen molar-refractivity contribution < 1.29 is 14.4 Å². The molecular formula is C23H26N4O3. The lowest BCUT2D eigenvalue weighted by Crippen LogP contribution is -2.41. The van der Waals surface area contributed by atoms with Crippen molar-refractivity contribution in [2.45, 2.75) is 45.3 Å². The van der Waals surface area contributed by atoms with Crippen LogP contribution >= 0.6 is 0 Å². The predicted octanol–water partition coefficient (Wildman–Crippen LogP) is 4.49. The highest BCUT2D eigenvalue weighted by Gasteiger charge is 2.32. The van der Waals surface area contributed by atoms with Crippen LogP contribution in [0.3, 0.4) is 0 Å². The summed E-state index contributed by atoms with van der Waals surface area (Å²) >= 11 is 0. The molecule has 1 atom stereocenters. The molecule has 0 aromatic heterocycles. The summed E-state index contributed by atoms with van der Waals surface area (Å²) < 4.78 is 5.51. The van der Waals surface area contributed by atoms with Crippen molar-refractivity contribution >= 4 is 29.5 Å². The first-order valence-corrected chi connectivity index (χ1v) is 9.92. The molecule has 0 spiro atoms. The molecule has 156 valence electrons. The van der Waals surface area contributed by atoms with Gasteiger partial charge in [0.05, 0.1) is 24.2 Å². The van der Waals surface area contributed by atoms with Gasteiger partial charge in [0.25, 0.3) is 5.90 Å². The molecule has 1 aliphatic heterocycles. The first-order valence-electron chi connectivity index (χ1n) is 9.92. The number of oxime groups is 1. The summed E-state index contributed by atoms with van der Waals surface area (Å²) in [4.78, 5) is 24.1. The number of hydrogen-bond donors (Lipinski definition) is 0. The highest BCUT2D eigenvalue weighted by molar-refractivity contribution is 5.98. The number of carbonyl (C=O) groups excluding carboxylic acids is 1. The van der Waals surface area contributed by atoms with E-state index in [9.17, 15) is 4.79 Å². The Bertz CT molecular complexity index is 1020. The van der Waals surface area contributed by atoms with Crippen LogP contribution in [0.4, 0.5) is 4.79 Å². The Labute approximate surface area is 176 Å². The van der Waals surface area contributed by atoms with Crippen LogP contribution in [0.15, 0.2) is 46.5 Å². The maximum absolute atomic E-state index is 12.5. The molecule has 2 aromatic carbocycles. The number of hydrogen-bond acceptors (Lipinski definition) is 6. The minimum absolute atomic E-state index is 0.0612. The van der Waals surface area contributed by atoms with E-state index in [1.54, 1.807) is 11.0 Å². The van der Waals surface area contributed by atoms with Crippen molar-refractivity contribution in [1.82, 2.24) is 4.90 Å². The molecule has 2 aromatic rings. The number of nitrogens with zero attached hydrogens (tertiary/aromatic N) is 4. The van der Waals surface area contributed by atoms with E-state index in [1.165, 1.54) is 0 Å². The van der Waals surface area contributed by atoms with Gasteiger partial charge < -0.3 is 14.5 Å². The monoisotopic (exact) mass is 406 g/mol. The lowest BCUT2D eigenvalue weighted by molar-refractivity contribution is 0.0232. The van der Waals surface area contributed by atoms with Gasteiger partial charge in [-0.2, -0.15) is 5.26 Å². The Morgan fingerprint density at radius 2 is 2.03 bits per heavy atom. The number of likely N-dealkylation sites (tertiary alicyclic amines) is 1. The average molecular weight is 406 g/mol. The molecule has 1 unspecified atom stereocenters. The fourth-order valence-electron chi connectivity index (χ4n) is 3.46. The smallest absolute Gasteiger partial charge is 0.410 e. The third-order valence-corrected chi connectivity index (χ3v) is 4.82. The lowest BCUT2D eigenvalue weighted by atomic mass is 10.0. The Hall–Kier alpha value is -3.40. The minimum Gasteiger partial charge on any atom is -0.444 e. The van der Waals surface area contributed by atoms with E-state index in [4.69, 9.17) is 14.8 Å². The van der Waals surface area contributed by atoms with Gasteiger partial charge in [-0.15, -0.1) is 0 Å². The number of rotatable bonds is 4. The number of amides is 1. The average Bonchev–Trinajstić information content (AvgIpc) is 3.18. The number of benzene rings is 2. The molecule has 1 aliphatic rings. The van der Waals surface area contributed by atoms with Gasteiger partial charge >= 0.3 is 6.09 Å². The van der Waals surface area contributed by atoms with E-state index in [0.717, 1.165) is 29.2 Å². The zero-order valence-electron chi connectivity index (χ0n) is 17.6. The molecule has 7 heteroatoms. The van der Waals surface area contributed by atoms with Gasteiger partial charge in [-0.1, -0.05) is 17.3 Å². The maximum Gasteiger partial charge on any atom is 0.410 e. The van der Waals surface area contributed by atoms with Crippen molar-refractivity contribution in [1.29, 1.82) is 5.26 Å². The second kappa shape index (κ2) is 8.95. The predicted molar refractivity (Wildman–Crippen MR) is 117 cm³/mol. The van der Waals surface area contributed by atoms with Crippen molar-refractivity contribution in [2.24, 2.45) is 10.1 Å². The Balaban J connectivity index is 1.82. The van der Waals surface area contributed by atoms with Gasteiger partial charge in [0.15, 0.2) is 0 Å². The maximum atomic E-state index is 12.5. The molecule has 1 saturated heterocycles. The number of fused-ring (bicyclic) bond motifs is 1. The summed E-state index contributed by atoms with van der Waals surface area (Å²) in [7, 11) is 0. The molecule has 1 amide bonds. The van der Waals surface area contributed by atoms with Gasteiger partial charge in [0.1, 0.15) is 5.60 Å². The SMILES string of the molecule is C=NOC(=NCC1CCCN1C(=O)OC(C)(C)C)c1ccc2ccc(C#N)cc2c1. The molecule has 7 nitrogen and oxygen atoms in total. The van der Waals surface area contributed by atoms with Crippen LogP contribution in [0.5, 0.6) is 0 Å². The largest absolute Gasteiger partial charge is 0.444 e. The van der Waals surface area contributed by atoms with Crippen molar-refractivity contribution in [3.05, 3.63) is 47.5 Å². The highest BCUT2D eigenvalue weighted by Crippen LogP contribution is 2.22. The number of carbonyl (C=O) groups is 1. The molecule has 1 fully saturated rings. The van der Waals surface area contributed by atoms with Gasteiger partial charge in [-0.25, -0.2) is 9.79 Å². The van der Waals surface area contributed by atoms with Crippen LogP contribution in [0.25, 0.3) is 10.8 Å². The summed E-state index contributed by atoms with van der Waals surface area (Å²) in [5.41, 5.74) is 0.772. The van der Waals surface area contributed by atoms with Crippen LogP contribution in [-0.2, 0) is 9.57 Å². The molecule has 0 N–H and O–H groups in total. The second-order valence-electron chi connectivity index (χ2n) is 8.22. The standard InChI is InChI=1S/C23H26N4O3/c1-23(2,3)29-22(28)27-11-5-6-20(27)15-26-21(30-25-4)18-10-9-17-8-7-16(14-24)12-19(17)13-18/h7-10,12-13,20H,4-6,11,15H2,1-3H3. The van der Waals surface area contributed by atoms with Crippen LogP contribution in [0.2, 0.25) is 0 Å². The topological polar surface area (TPSA) is 87.3 Å². The van der Waals surface area contributed by atoms with Gasteiger partial charge in [0.2, 0.25) is 0 Å². The first-order chi connectivity index (χ1) is 14.3. The molecule has 0 saturated carbocycles. The quantitative estimate of drug-likeness (QED) is 0.425. The zero-order valence-corrected chi connectivity index (χ0v) is 17.6. The van der Waals surface area contributed by atoms with E-state index in [-0.39, 0.29) is 12.1 Å². The van der Waals surface area contributed by atoms with Crippen molar-refractivity contribution in [2.75, 3.05) is 13.1 Å². The summed E-state index contributed by atoms with van der Waals surface area (Å²) in [6.45, 7) is 9.99. The molecular weight excluding hydrogens is 380 g/mol. The van der Waals surface area contributed by atoms with E-state index in [2.05, 4.69) is 22.9 Å². The molecule has 1 heterocycles. The fourth-order valence-corrected chi connectivity index (χ4v) is 3.46. The number of nitriles is 1. The summed E-state index contributed by atoms with van der Waals surface area (Å²) in [6.07, 6.45) is 1.43. The van der Waals surface area contributed by atoms with Gasteiger partial charge in [-0.3, -0.25) is 0 Å². The lowest BCUT2D eigenvalue weighted by Gasteiger charge is -2.28. The van der Waals surface area contributed by atoms with E-state index < -0.39 is 5.60 Å². The van der Waals surface area contributed by atoms with E-state index in [0.29, 0.717) is 24.6 Å². The Morgan fingerprint density at radius 1 is 1.27 bits per heavy atom. The van der Waals surface area contributed by atoms with Gasteiger partial charge in [-0.05, 0) is 68.7 Å². The summed E-state index contributed by atoms with van der Waals surface area (Å²) in [6, 6.07) is 13.3. The molecule has 0 bridgehead atoms.